The zero-order valence-electron chi connectivity index (χ0n) is 16.4. The van der Waals surface area contributed by atoms with E-state index >= 15 is 0 Å². The van der Waals surface area contributed by atoms with Crippen LogP contribution in [0.25, 0.3) is 0 Å². The molecule has 1 heterocycles. The van der Waals surface area contributed by atoms with Crippen molar-refractivity contribution in [2.45, 2.75) is 51.8 Å². The van der Waals surface area contributed by atoms with E-state index in [9.17, 15) is 4.79 Å². The van der Waals surface area contributed by atoms with Crippen molar-refractivity contribution < 1.29 is 9.53 Å². The van der Waals surface area contributed by atoms with Gasteiger partial charge in [0.2, 0.25) is 0 Å². The Labute approximate surface area is 162 Å². The number of ether oxygens (including phenoxy) is 1. The zero-order chi connectivity index (χ0) is 19.1. The van der Waals surface area contributed by atoms with Crippen molar-refractivity contribution in [2.24, 2.45) is 0 Å². The van der Waals surface area contributed by atoms with E-state index in [4.69, 9.17) is 4.74 Å². The van der Waals surface area contributed by atoms with E-state index in [-0.39, 0.29) is 18.1 Å². The van der Waals surface area contributed by atoms with E-state index in [1.165, 1.54) is 5.56 Å². The molecule has 0 aliphatic carbocycles. The number of piperidine rings is 1. The Morgan fingerprint density at radius 3 is 2.59 bits per heavy atom. The second kappa shape index (κ2) is 9.56. The molecule has 1 N–H and O–H groups in total. The number of amides is 1. The van der Waals surface area contributed by atoms with Gasteiger partial charge in [-0.1, -0.05) is 43.3 Å². The van der Waals surface area contributed by atoms with E-state index in [1.807, 2.05) is 37.3 Å². The highest BCUT2D eigenvalue weighted by Gasteiger charge is 2.21. The third-order valence-electron chi connectivity index (χ3n) is 5.18. The summed E-state index contributed by atoms with van der Waals surface area (Å²) in [6.07, 6.45) is 3.07. The summed E-state index contributed by atoms with van der Waals surface area (Å²) in [6.45, 7) is 7.13. The van der Waals surface area contributed by atoms with E-state index in [2.05, 4.69) is 41.4 Å². The van der Waals surface area contributed by atoms with Crippen LogP contribution in [0.5, 0.6) is 5.75 Å². The largest absolute Gasteiger partial charge is 0.491 e. The molecule has 0 bridgehead atoms. The number of rotatable bonds is 7. The van der Waals surface area contributed by atoms with Crippen LogP contribution in [0, 0.1) is 0 Å². The number of likely N-dealkylation sites (tertiary alicyclic amines) is 1. The van der Waals surface area contributed by atoms with E-state index in [0.29, 0.717) is 5.56 Å². The third-order valence-corrected chi connectivity index (χ3v) is 5.18. The van der Waals surface area contributed by atoms with Gasteiger partial charge in [0.15, 0.2) is 0 Å². The molecule has 4 nitrogen and oxygen atoms in total. The van der Waals surface area contributed by atoms with Crippen LogP contribution in [0.4, 0.5) is 0 Å². The monoisotopic (exact) mass is 366 g/mol. The van der Waals surface area contributed by atoms with Crippen LogP contribution >= 0.6 is 0 Å². The molecule has 1 amide bonds. The van der Waals surface area contributed by atoms with E-state index < -0.39 is 0 Å². The second-order valence-corrected chi connectivity index (χ2v) is 7.37. The molecule has 1 saturated heterocycles. The Balaban J connectivity index is 1.48. The maximum absolute atomic E-state index is 12.6. The highest BCUT2D eigenvalue weighted by atomic mass is 16.5. The standard InChI is InChI=1S/C23H30N2O2/c1-3-18(2)27-22-11-7-10-20(16-22)23(26)24-21-12-14-25(15-13-21)17-19-8-5-4-6-9-19/h4-11,16,18,21H,3,12-15,17H2,1-2H3,(H,24,26). The summed E-state index contributed by atoms with van der Waals surface area (Å²) in [6, 6.07) is 18.3. The lowest BCUT2D eigenvalue weighted by molar-refractivity contribution is 0.0908. The summed E-state index contributed by atoms with van der Waals surface area (Å²) >= 11 is 0. The number of hydrogen-bond donors (Lipinski definition) is 1. The average molecular weight is 367 g/mol. The Bertz CT molecular complexity index is 724. The van der Waals surface area contributed by atoms with Crippen molar-refractivity contribution >= 4 is 5.91 Å². The van der Waals surface area contributed by atoms with Crippen molar-refractivity contribution in [1.29, 1.82) is 0 Å². The van der Waals surface area contributed by atoms with Crippen LogP contribution < -0.4 is 10.1 Å². The smallest absolute Gasteiger partial charge is 0.251 e. The minimum absolute atomic E-state index is 0.00823. The van der Waals surface area contributed by atoms with Gasteiger partial charge in [-0.05, 0) is 49.9 Å². The molecular weight excluding hydrogens is 336 g/mol. The predicted octanol–water partition coefficient (Wildman–Crippen LogP) is 4.26. The Morgan fingerprint density at radius 2 is 1.89 bits per heavy atom. The first-order valence-corrected chi connectivity index (χ1v) is 9.98. The summed E-state index contributed by atoms with van der Waals surface area (Å²) in [7, 11) is 0. The Morgan fingerprint density at radius 1 is 1.15 bits per heavy atom. The SMILES string of the molecule is CCC(C)Oc1cccc(C(=O)NC2CCN(Cc3ccccc3)CC2)c1. The first kappa shape index (κ1) is 19.4. The molecule has 0 radical (unpaired) electrons. The topological polar surface area (TPSA) is 41.6 Å². The fraction of sp³-hybridized carbons (Fsp3) is 0.435. The van der Waals surface area contributed by atoms with Gasteiger partial charge in [0.25, 0.3) is 5.91 Å². The molecule has 2 aromatic rings. The quantitative estimate of drug-likeness (QED) is 0.796. The molecule has 1 aliphatic heterocycles. The lowest BCUT2D eigenvalue weighted by Crippen LogP contribution is -2.44. The van der Waals surface area contributed by atoms with Crippen LogP contribution in [-0.2, 0) is 6.54 Å². The molecule has 2 aromatic carbocycles. The second-order valence-electron chi connectivity index (χ2n) is 7.37. The number of benzene rings is 2. The first-order chi connectivity index (χ1) is 13.1. The highest BCUT2D eigenvalue weighted by Crippen LogP contribution is 2.18. The number of nitrogens with one attached hydrogen (secondary N) is 1. The van der Waals surface area contributed by atoms with Gasteiger partial charge in [0.1, 0.15) is 5.75 Å². The summed E-state index contributed by atoms with van der Waals surface area (Å²) in [5.41, 5.74) is 2.01. The third kappa shape index (κ3) is 5.83. The molecule has 144 valence electrons. The average Bonchev–Trinajstić information content (AvgIpc) is 2.70. The molecule has 4 heteroatoms. The summed E-state index contributed by atoms with van der Waals surface area (Å²) in [5, 5.41) is 3.19. The fourth-order valence-electron chi connectivity index (χ4n) is 3.37. The predicted molar refractivity (Wildman–Crippen MR) is 109 cm³/mol. The van der Waals surface area contributed by atoms with Gasteiger partial charge in [-0.2, -0.15) is 0 Å². The molecule has 1 unspecified atom stereocenters. The van der Waals surface area contributed by atoms with Gasteiger partial charge in [0.05, 0.1) is 6.10 Å². The molecule has 27 heavy (non-hydrogen) atoms. The number of carbonyl (C=O) groups excluding carboxylic acids is 1. The molecule has 0 spiro atoms. The first-order valence-electron chi connectivity index (χ1n) is 9.98. The van der Waals surface area contributed by atoms with Gasteiger partial charge in [-0.25, -0.2) is 0 Å². The van der Waals surface area contributed by atoms with Crippen LogP contribution in [0.15, 0.2) is 54.6 Å². The summed E-state index contributed by atoms with van der Waals surface area (Å²) in [5.74, 6) is 0.751. The van der Waals surface area contributed by atoms with Crippen LogP contribution in [0.1, 0.15) is 49.0 Å². The van der Waals surface area contributed by atoms with Crippen LogP contribution in [0.2, 0.25) is 0 Å². The summed E-state index contributed by atoms with van der Waals surface area (Å²) < 4.78 is 5.83. The van der Waals surface area contributed by atoms with Gasteiger partial charge in [0, 0.05) is 31.2 Å². The molecule has 1 fully saturated rings. The molecule has 1 atom stereocenters. The van der Waals surface area contributed by atoms with Gasteiger partial charge in [-0.3, -0.25) is 9.69 Å². The van der Waals surface area contributed by atoms with Gasteiger partial charge >= 0.3 is 0 Å². The number of nitrogens with zero attached hydrogens (tertiary/aromatic N) is 1. The zero-order valence-corrected chi connectivity index (χ0v) is 16.4. The summed E-state index contributed by atoms with van der Waals surface area (Å²) in [4.78, 5) is 15.1. The van der Waals surface area contributed by atoms with Crippen LogP contribution in [-0.4, -0.2) is 36.0 Å². The Kier molecular flexibility index (Phi) is 6.88. The normalized spacial score (nSPS) is 16.7. The lowest BCUT2D eigenvalue weighted by atomic mass is 10.0. The van der Waals surface area contributed by atoms with Crippen molar-refractivity contribution in [1.82, 2.24) is 10.2 Å². The van der Waals surface area contributed by atoms with E-state index in [0.717, 1.165) is 44.6 Å². The van der Waals surface area contributed by atoms with Gasteiger partial charge < -0.3 is 10.1 Å². The number of hydrogen-bond acceptors (Lipinski definition) is 3. The lowest BCUT2D eigenvalue weighted by Gasteiger charge is -2.32. The molecule has 0 aromatic heterocycles. The van der Waals surface area contributed by atoms with E-state index in [1.54, 1.807) is 0 Å². The minimum atomic E-state index is -0.00823. The Hall–Kier alpha value is -2.33. The fourth-order valence-corrected chi connectivity index (χ4v) is 3.37. The van der Waals surface area contributed by atoms with Gasteiger partial charge in [-0.15, -0.1) is 0 Å². The maximum Gasteiger partial charge on any atom is 0.251 e. The van der Waals surface area contributed by atoms with Crippen molar-refractivity contribution in [2.75, 3.05) is 13.1 Å². The van der Waals surface area contributed by atoms with Crippen molar-refractivity contribution in [3.05, 3.63) is 65.7 Å². The molecule has 3 rings (SSSR count). The van der Waals surface area contributed by atoms with Crippen LogP contribution in [0.3, 0.4) is 0 Å². The highest BCUT2D eigenvalue weighted by molar-refractivity contribution is 5.94. The molecule has 0 saturated carbocycles. The van der Waals surface area contributed by atoms with Crippen molar-refractivity contribution in [3.63, 3.8) is 0 Å². The minimum Gasteiger partial charge on any atom is -0.491 e. The maximum atomic E-state index is 12.6. The molecular formula is C23H30N2O2. The van der Waals surface area contributed by atoms with Crippen molar-refractivity contribution in [3.8, 4) is 5.75 Å². The number of carbonyl (C=O) groups is 1. The molecule has 1 aliphatic rings.